The standard InChI is InChI=1S/C17H13ClOS/c18-20-17-9-7-14-10-16(8-6-15(14)11-17)19-12-13-4-2-1-3-5-13/h1-11H,12H2. The molecule has 0 N–H and O–H groups in total. The molecule has 1 nitrogen and oxygen atoms in total. The zero-order chi connectivity index (χ0) is 13.8. The van der Waals surface area contributed by atoms with Crippen LogP contribution in [-0.2, 0) is 6.61 Å². The smallest absolute Gasteiger partial charge is 0.120 e. The van der Waals surface area contributed by atoms with E-state index in [1.165, 1.54) is 21.9 Å². The third-order valence-electron chi connectivity index (χ3n) is 3.12. The molecular formula is C17H13ClOS. The quantitative estimate of drug-likeness (QED) is 0.614. The Kier molecular flexibility index (Phi) is 4.14. The molecule has 0 aliphatic rings. The van der Waals surface area contributed by atoms with E-state index in [0.717, 1.165) is 16.0 Å². The summed E-state index contributed by atoms with van der Waals surface area (Å²) in [6, 6.07) is 22.4. The SMILES string of the molecule is ClSc1ccc2cc(OCc3ccccc3)ccc2c1. The van der Waals surface area contributed by atoms with Crippen molar-refractivity contribution >= 4 is 32.4 Å². The Hall–Kier alpha value is -1.64. The van der Waals surface area contributed by atoms with Gasteiger partial charge in [0.15, 0.2) is 0 Å². The largest absolute Gasteiger partial charge is 0.489 e. The Morgan fingerprint density at radius 1 is 0.850 bits per heavy atom. The summed E-state index contributed by atoms with van der Waals surface area (Å²) in [5.74, 6) is 0.882. The number of benzene rings is 3. The minimum Gasteiger partial charge on any atom is -0.489 e. The van der Waals surface area contributed by atoms with Gasteiger partial charge in [-0.2, -0.15) is 0 Å². The number of hydrogen-bond acceptors (Lipinski definition) is 2. The first kappa shape index (κ1) is 13.3. The molecule has 0 bridgehead atoms. The zero-order valence-electron chi connectivity index (χ0n) is 10.8. The number of rotatable bonds is 4. The van der Waals surface area contributed by atoms with E-state index in [1.807, 2.05) is 30.3 Å². The summed E-state index contributed by atoms with van der Waals surface area (Å²) in [6.45, 7) is 0.585. The van der Waals surface area contributed by atoms with Gasteiger partial charge in [-0.3, -0.25) is 0 Å². The number of ether oxygens (including phenoxy) is 1. The molecule has 0 aliphatic carbocycles. The van der Waals surface area contributed by atoms with Crippen LogP contribution >= 0.6 is 21.7 Å². The molecule has 0 aromatic heterocycles. The van der Waals surface area contributed by atoms with Crippen molar-refractivity contribution in [3.63, 3.8) is 0 Å². The molecule has 0 unspecified atom stereocenters. The van der Waals surface area contributed by atoms with Crippen LogP contribution in [0.3, 0.4) is 0 Å². The number of halogens is 1. The molecule has 0 aliphatic heterocycles. The normalized spacial score (nSPS) is 10.7. The Labute approximate surface area is 127 Å². The van der Waals surface area contributed by atoms with Crippen LogP contribution in [0.4, 0.5) is 0 Å². The molecule has 0 atom stereocenters. The van der Waals surface area contributed by atoms with Gasteiger partial charge in [-0.05, 0) is 62.3 Å². The van der Waals surface area contributed by atoms with Gasteiger partial charge in [0.1, 0.15) is 12.4 Å². The van der Waals surface area contributed by atoms with Crippen molar-refractivity contribution in [3.05, 3.63) is 72.3 Å². The highest BCUT2D eigenvalue weighted by molar-refractivity contribution is 8.21. The minimum atomic E-state index is 0.585. The molecule has 0 saturated heterocycles. The zero-order valence-corrected chi connectivity index (χ0v) is 12.3. The van der Waals surface area contributed by atoms with E-state index in [-0.39, 0.29) is 0 Å². The van der Waals surface area contributed by atoms with Crippen molar-refractivity contribution < 1.29 is 4.74 Å². The molecule has 3 aromatic carbocycles. The molecule has 0 amide bonds. The lowest BCUT2D eigenvalue weighted by atomic mass is 10.1. The molecule has 0 spiro atoms. The average Bonchev–Trinajstić information content (AvgIpc) is 2.53. The predicted molar refractivity (Wildman–Crippen MR) is 86.4 cm³/mol. The van der Waals surface area contributed by atoms with Crippen LogP contribution in [0.2, 0.25) is 0 Å². The van der Waals surface area contributed by atoms with E-state index in [0.29, 0.717) is 6.61 Å². The van der Waals surface area contributed by atoms with Crippen molar-refractivity contribution in [2.24, 2.45) is 0 Å². The van der Waals surface area contributed by atoms with E-state index in [9.17, 15) is 0 Å². The Morgan fingerprint density at radius 3 is 2.40 bits per heavy atom. The summed E-state index contributed by atoms with van der Waals surface area (Å²) >= 11 is 0. The maximum Gasteiger partial charge on any atom is 0.120 e. The molecular weight excluding hydrogens is 288 g/mol. The van der Waals surface area contributed by atoms with Crippen LogP contribution in [-0.4, -0.2) is 0 Å². The fourth-order valence-electron chi connectivity index (χ4n) is 2.08. The van der Waals surface area contributed by atoms with E-state index in [4.69, 9.17) is 15.4 Å². The van der Waals surface area contributed by atoms with Crippen LogP contribution in [0.25, 0.3) is 10.8 Å². The van der Waals surface area contributed by atoms with Gasteiger partial charge in [0.25, 0.3) is 0 Å². The van der Waals surface area contributed by atoms with E-state index in [1.54, 1.807) is 0 Å². The first-order valence-corrected chi connectivity index (χ1v) is 7.98. The van der Waals surface area contributed by atoms with Crippen molar-refractivity contribution in [2.75, 3.05) is 0 Å². The Bertz CT molecular complexity index is 713. The van der Waals surface area contributed by atoms with Crippen molar-refractivity contribution in [3.8, 4) is 5.75 Å². The van der Waals surface area contributed by atoms with E-state index >= 15 is 0 Å². The van der Waals surface area contributed by atoms with Gasteiger partial charge in [0.05, 0.1) is 0 Å². The van der Waals surface area contributed by atoms with Crippen LogP contribution < -0.4 is 4.74 Å². The molecule has 3 aromatic rings. The highest BCUT2D eigenvalue weighted by atomic mass is 35.7. The third kappa shape index (κ3) is 3.09. The van der Waals surface area contributed by atoms with Crippen LogP contribution in [0, 0.1) is 0 Å². The molecule has 3 heteroatoms. The fraction of sp³-hybridized carbons (Fsp3) is 0.0588. The van der Waals surface area contributed by atoms with Gasteiger partial charge >= 0.3 is 0 Å². The summed E-state index contributed by atoms with van der Waals surface area (Å²) < 4.78 is 5.83. The first-order valence-electron chi connectivity index (χ1n) is 6.34. The average molecular weight is 301 g/mol. The topological polar surface area (TPSA) is 9.23 Å². The molecule has 0 fully saturated rings. The summed E-state index contributed by atoms with van der Waals surface area (Å²) in [4.78, 5) is 1.05. The molecule has 20 heavy (non-hydrogen) atoms. The highest BCUT2D eigenvalue weighted by Crippen LogP contribution is 2.28. The van der Waals surface area contributed by atoms with Gasteiger partial charge in [-0.25, -0.2) is 0 Å². The summed E-state index contributed by atoms with van der Waals surface area (Å²) in [7, 11) is 7.00. The fourth-order valence-corrected chi connectivity index (χ4v) is 2.66. The lowest BCUT2D eigenvalue weighted by Crippen LogP contribution is -1.94. The van der Waals surface area contributed by atoms with Gasteiger partial charge in [0.2, 0.25) is 0 Å². The van der Waals surface area contributed by atoms with Crippen LogP contribution in [0.1, 0.15) is 5.56 Å². The number of hydrogen-bond donors (Lipinski definition) is 0. The molecule has 0 saturated carbocycles. The molecule has 100 valence electrons. The van der Waals surface area contributed by atoms with Crippen LogP contribution in [0.15, 0.2) is 71.6 Å². The van der Waals surface area contributed by atoms with Crippen molar-refractivity contribution in [1.82, 2.24) is 0 Å². The summed E-state index contributed by atoms with van der Waals surface area (Å²) in [6.07, 6.45) is 0. The van der Waals surface area contributed by atoms with Gasteiger partial charge in [-0.1, -0.05) is 42.5 Å². The molecule has 0 heterocycles. The van der Waals surface area contributed by atoms with Crippen LogP contribution in [0.5, 0.6) is 5.75 Å². The second kappa shape index (κ2) is 6.21. The monoisotopic (exact) mass is 300 g/mol. The van der Waals surface area contributed by atoms with E-state index < -0.39 is 0 Å². The van der Waals surface area contributed by atoms with E-state index in [2.05, 4.69) is 36.4 Å². The van der Waals surface area contributed by atoms with Gasteiger partial charge < -0.3 is 4.74 Å². The van der Waals surface area contributed by atoms with Crippen molar-refractivity contribution in [1.29, 1.82) is 0 Å². The molecule has 3 rings (SSSR count). The van der Waals surface area contributed by atoms with Gasteiger partial charge in [-0.15, -0.1) is 0 Å². The second-order valence-electron chi connectivity index (χ2n) is 4.52. The maximum absolute atomic E-state index is 5.83. The first-order chi connectivity index (χ1) is 9.85. The highest BCUT2D eigenvalue weighted by Gasteiger charge is 2.00. The number of fused-ring (bicyclic) bond motifs is 1. The summed E-state index contributed by atoms with van der Waals surface area (Å²) in [5, 5.41) is 2.33. The van der Waals surface area contributed by atoms with Gasteiger partial charge in [0, 0.05) is 4.90 Å². The van der Waals surface area contributed by atoms with Crippen molar-refractivity contribution in [2.45, 2.75) is 11.5 Å². The second-order valence-corrected chi connectivity index (χ2v) is 5.61. The summed E-state index contributed by atoms with van der Waals surface area (Å²) in [5.41, 5.74) is 1.17. The lowest BCUT2D eigenvalue weighted by molar-refractivity contribution is 0.306. The lowest BCUT2D eigenvalue weighted by Gasteiger charge is -2.08. The third-order valence-corrected chi connectivity index (χ3v) is 4.09. The predicted octanol–water partition coefficient (Wildman–Crippen LogP) is 5.66. The Balaban J connectivity index is 1.79. The maximum atomic E-state index is 5.83. The Morgan fingerprint density at radius 2 is 1.60 bits per heavy atom. The minimum absolute atomic E-state index is 0.585. The molecule has 0 radical (unpaired) electrons.